The highest BCUT2D eigenvalue weighted by Crippen LogP contribution is 2.09. The average molecular weight is 251 g/mol. The van der Waals surface area contributed by atoms with Gasteiger partial charge in [0.15, 0.2) is 5.82 Å². The largest absolute Gasteiger partial charge is 0.339 e. The molecule has 0 aliphatic carbocycles. The molecule has 0 radical (unpaired) electrons. The maximum absolute atomic E-state index is 5.61. The predicted molar refractivity (Wildman–Crippen MR) is 67.3 cm³/mol. The Kier molecular flexibility index (Phi) is 4.15. The van der Waals surface area contributed by atoms with Crippen molar-refractivity contribution in [3.05, 3.63) is 47.1 Å². The summed E-state index contributed by atoms with van der Waals surface area (Å²) in [5, 5.41) is 3.96. The van der Waals surface area contributed by atoms with Crippen LogP contribution in [0.15, 0.2) is 28.8 Å². The summed E-state index contributed by atoms with van der Waals surface area (Å²) in [6.45, 7) is 2.07. The lowest BCUT2D eigenvalue weighted by Crippen LogP contribution is -1.92. The maximum atomic E-state index is 5.61. The van der Waals surface area contributed by atoms with Crippen LogP contribution >= 0.6 is 11.6 Å². The summed E-state index contributed by atoms with van der Waals surface area (Å²) >= 11 is 5.61. The van der Waals surface area contributed by atoms with Gasteiger partial charge in [-0.05, 0) is 18.9 Å². The van der Waals surface area contributed by atoms with Gasteiger partial charge in [0.1, 0.15) is 0 Å². The highest BCUT2D eigenvalue weighted by Gasteiger charge is 2.06. The standard InChI is InChI=1S/C13H15ClN2O/c1-10-4-6-11(7-5-10)9-12-15-13(17-16-12)3-2-8-14/h4-7H,2-3,8-9H2,1H3. The van der Waals surface area contributed by atoms with E-state index in [1.165, 1.54) is 11.1 Å². The quantitative estimate of drug-likeness (QED) is 0.766. The summed E-state index contributed by atoms with van der Waals surface area (Å²) in [6.07, 6.45) is 2.34. The third-order valence-corrected chi connectivity index (χ3v) is 2.78. The Balaban J connectivity index is 1.98. The van der Waals surface area contributed by atoms with Gasteiger partial charge in [-0.25, -0.2) is 0 Å². The molecule has 0 amide bonds. The van der Waals surface area contributed by atoms with E-state index in [0.717, 1.165) is 18.7 Å². The summed E-state index contributed by atoms with van der Waals surface area (Å²) in [4.78, 5) is 4.33. The van der Waals surface area contributed by atoms with Crippen molar-refractivity contribution in [2.45, 2.75) is 26.2 Å². The van der Waals surface area contributed by atoms with E-state index in [-0.39, 0.29) is 0 Å². The SMILES string of the molecule is Cc1ccc(Cc2noc(CCCCl)n2)cc1. The molecule has 0 saturated heterocycles. The van der Waals surface area contributed by atoms with E-state index >= 15 is 0 Å². The van der Waals surface area contributed by atoms with Crippen molar-refractivity contribution in [1.29, 1.82) is 0 Å². The lowest BCUT2D eigenvalue weighted by Gasteiger charge is -1.97. The first kappa shape index (κ1) is 12.1. The maximum Gasteiger partial charge on any atom is 0.226 e. The topological polar surface area (TPSA) is 38.9 Å². The summed E-state index contributed by atoms with van der Waals surface area (Å²) in [5.74, 6) is 2.03. The molecule has 1 aromatic carbocycles. The van der Waals surface area contributed by atoms with Crippen LogP contribution in [0.1, 0.15) is 29.3 Å². The van der Waals surface area contributed by atoms with E-state index in [1.54, 1.807) is 0 Å². The Hall–Kier alpha value is -1.35. The van der Waals surface area contributed by atoms with Gasteiger partial charge < -0.3 is 4.52 Å². The Morgan fingerprint density at radius 3 is 2.71 bits per heavy atom. The zero-order valence-electron chi connectivity index (χ0n) is 9.82. The van der Waals surface area contributed by atoms with Gasteiger partial charge in [0.25, 0.3) is 0 Å². The van der Waals surface area contributed by atoms with E-state index in [0.29, 0.717) is 18.2 Å². The molecule has 3 nitrogen and oxygen atoms in total. The van der Waals surface area contributed by atoms with E-state index in [2.05, 4.69) is 41.3 Å². The van der Waals surface area contributed by atoms with E-state index in [4.69, 9.17) is 16.1 Å². The number of halogens is 1. The van der Waals surface area contributed by atoms with Gasteiger partial charge in [-0.3, -0.25) is 0 Å². The molecule has 0 spiro atoms. The summed E-state index contributed by atoms with van der Waals surface area (Å²) in [5.41, 5.74) is 2.45. The Morgan fingerprint density at radius 2 is 2.00 bits per heavy atom. The van der Waals surface area contributed by atoms with Crippen LogP contribution in [0.3, 0.4) is 0 Å². The van der Waals surface area contributed by atoms with Gasteiger partial charge >= 0.3 is 0 Å². The number of benzene rings is 1. The number of hydrogen-bond acceptors (Lipinski definition) is 3. The number of nitrogens with zero attached hydrogens (tertiary/aromatic N) is 2. The lowest BCUT2D eigenvalue weighted by atomic mass is 10.1. The second-order valence-corrected chi connectivity index (χ2v) is 4.44. The Morgan fingerprint density at radius 1 is 1.24 bits per heavy atom. The molecule has 1 heterocycles. The molecule has 2 rings (SSSR count). The molecule has 0 atom stereocenters. The van der Waals surface area contributed by atoms with Gasteiger partial charge in [0.05, 0.1) is 0 Å². The highest BCUT2D eigenvalue weighted by atomic mass is 35.5. The smallest absolute Gasteiger partial charge is 0.226 e. The van der Waals surface area contributed by atoms with Gasteiger partial charge in [-0.2, -0.15) is 4.98 Å². The van der Waals surface area contributed by atoms with Crippen molar-refractivity contribution >= 4 is 11.6 Å². The Labute approximate surface area is 106 Å². The minimum atomic E-state index is 0.621. The number of rotatable bonds is 5. The number of aromatic nitrogens is 2. The van der Waals surface area contributed by atoms with Crippen LogP contribution in [0, 0.1) is 6.92 Å². The van der Waals surface area contributed by atoms with Gasteiger partial charge in [0.2, 0.25) is 5.89 Å². The number of hydrogen-bond donors (Lipinski definition) is 0. The average Bonchev–Trinajstić information content (AvgIpc) is 2.77. The van der Waals surface area contributed by atoms with E-state index in [9.17, 15) is 0 Å². The first-order valence-corrected chi connectivity index (χ1v) is 6.24. The Bertz CT molecular complexity index is 465. The van der Waals surface area contributed by atoms with Crippen molar-refractivity contribution in [1.82, 2.24) is 10.1 Å². The van der Waals surface area contributed by atoms with Crippen molar-refractivity contribution in [3.63, 3.8) is 0 Å². The third kappa shape index (κ3) is 3.56. The molecule has 0 N–H and O–H groups in total. The monoisotopic (exact) mass is 250 g/mol. The van der Waals surface area contributed by atoms with Crippen molar-refractivity contribution in [3.8, 4) is 0 Å². The fraction of sp³-hybridized carbons (Fsp3) is 0.385. The summed E-state index contributed by atoms with van der Waals surface area (Å²) < 4.78 is 5.14. The van der Waals surface area contributed by atoms with Gasteiger partial charge in [-0.1, -0.05) is 35.0 Å². The van der Waals surface area contributed by atoms with Crippen LogP contribution in [-0.2, 0) is 12.8 Å². The first-order valence-electron chi connectivity index (χ1n) is 5.71. The predicted octanol–water partition coefficient (Wildman–Crippen LogP) is 3.14. The zero-order chi connectivity index (χ0) is 12.1. The van der Waals surface area contributed by atoms with Gasteiger partial charge in [-0.15, -0.1) is 11.6 Å². The van der Waals surface area contributed by atoms with Crippen molar-refractivity contribution in [2.24, 2.45) is 0 Å². The van der Waals surface area contributed by atoms with Crippen LogP contribution in [0.5, 0.6) is 0 Å². The molecule has 2 aromatic rings. The number of alkyl halides is 1. The summed E-state index contributed by atoms with van der Waals surface area (Å²) in [6, 6.07) is 8.35. The molecular formula is C13H15ClN2O. The molecule has 0 fully saturated rings. The van der Waals surface area contributed by atoms with Crippen LogP contribution in [0.2, 0.25) is 0 Å². The first-order chi connectivity index (χ1) is 8.28. The van der Waals surface area contributed by atoms with Crippen molar-refractivity contribution < 1.29 is 4.52 Å². The molecule has 0 saturated carbocycles. The normalized spacial score (nSPS) is 10.7. The van der Waals surface area contributed by atoms with E-state index in [1.807, 2.05) is 0 Å². The molecule has 0 bridgehead atoms. The lowest BCUT2D eigenvalue weighted by molar-refractivity contribution is 0.373. The number of aryl methyl sites for hydroxylation is 2. The third-order valence-electron chi connectivity index (χ3n) is 2.52. The van der Waals surface area contributed by atoms with Gasteiger partial charge in [0, 0.05) is 18.7 Å². The fourth-order valence-corrected chi connectivity index (χ4v) is 1.70. The fourth-order valence-electron chi connectivity index (χ4n) is 1.57. The molecule has 0 aliphatic heterocycles. The highest BCUT2D eigenvalue weighted by molar-refractivity contribution is 6.17. The minimum absolute atomic E-state index is 0.621. The van der Waals surface area contributed by atoms with Crippen LogP contribution in [0.4, 0.5) is 0 Å². The van der Waals surface area contributed by atoms with Crippen molar-refractivity contribution in [2.75, 3.05) is 5.88 Å². The molecule has 1 aromatic heterocycles. The molecule has 90 valence electrons. The second-order valence-electron chi connectivity index (χ2n) is 4.06. The molecular weight excluding hydrogens is 236 g/mol. The minimum Gasteiger partial charge on any atom is -0.339 e. The molecule has 0 unspecified atom stereocenters. The summed E-state index contributed by atoms with van der Waals surface area (Å²) in [7, 11) is 0. The van der Waals surface area contributed by atoms with Crippen LogP contribution < -0.4 is 0 Å². The second kappa shape index (κ2) is 5.82. The molecule has 4 heteroatoms. The molecule has 17 heavy (non-hydrogen) atoms. The van der Waals surface area contributed by atoms with Crippen LogP contribution in [-0.4, -0.2) is 16.0 Å². The van der Waals surface area contributed by atoms with Crippen LogP contribution in [0.25, 0.3) is 0 Å². The molecule has 0 aliphatic rings. The van der Waals surface area contributed by atoms with E-state index < -0.39 is 0 Å². The zero-order valence-corrected chi connectivity index (χ0v) is 10.6.